The third-order valence-electron chi connectivity index (χ3n) is 3.30. The van der Waals surface area contributed by atoms with Crippen molar-refractivity contribution in [2.75, 3.05) is 39.8 Å². The van der Waals surface area contributed by atoms with E-state index in [9.17, 15) is 9.59 Å². The van der Waals surface area contributed by atoms with Gasteiger partial charge >= 0.3 is 5.97 Å². The van der Waals surface area contributed by atoms with Gasteiger partial charge in [-0.2, -0.15) is 0 Å². The molecule has 116 valence electrons. The predicted molar refractivity (Wildman–Crippen MR) is 71.8 cm³/mol. The minimum absolute atomic E-state index is 0.00395. The summed E-state index contributed by atoms with van der Waals surface area (Å²) in [5.41, 5.74) is 0.258. The van der Waals surface area contributed by atoms with Crippen molar-refractivity contribution in [1.29, 1.82) is 0 Å². The van der Waals surface area contributed by atoms with E-state index in [0.717, 1.165) is 6.42 Å². The normalized spacial score (nSPS) is 16.7. The van der Waals surface area contributed by atoms with E-state index in [1.807, 2.05) is 4.90 Å². The smallest absolute Gasteiger partial charge is 0.317 e. The van der Waals surface area contributed by atoms with E-state index in [1.54, 1.807) is 11.0 Å². The van der Waals surface area contributed by atoms with Crippen LogP contribution >= 0.6 is 0 Å². The molecule has 2 heterocycles. The quantitative estimate of drug-likeness (QED) is 0.820. The van der Waals surface area contributed by atoms with Gasteiger partial charge in [0.2, 0.25) is 0 Å². The highest BCUT2D eigenvalue weighted by Crippen LogP contribution is 2.11. The number of carbonyl (C=O) groups is 2. The van der Waals surface area contributed by atoms with Crippen LogP contribution < -0.4 is 0 Å². The van der Waals surface area contributed by atoms with E-state index in [1.165, 1.54) is 7.11 Å². The molecule has 1 aromatic heterocycles. The summed E-state index contributed by atoms with van der Waals surface area (Å²) in [5, 5.41) is 12.6. The lowest BCUT2D eigenvalue weighted by molar-refractivity contribution is -0.138. The zero-order valence-electron chi connectivity index (χ0n) is 11.9. The van der Waals surface area contributed by atoms with E-state index < -0.39 is 5.97 Å². The number of carbonyl (C=O) groups excluding carboxylic acids is 1. The Morgan fingerprint density at radius 1 is 1.38 bits per heavy atom. The van der Waals surface area contributed by atoms with Crippen LogP contribution in [0.2, 0.25) is 0 Å². The molecule has 0 atom stereocenters. The zero-order chi connectivity index (χ0) is 15.2. The maximum Gasteiger partial charge on any atom is 0.317 e. The molecule has 0 unspecified atom stereocenters. The number of nitrogens with zero attached hydrogens (tertiary/aromatic N) is 3. The summed E-state index contributed by atoms with van der Waals surface area (Å²) in [5.74, 6) is -0.545. The molecule has 2 rings (SSSR count). The molecule has 0 bridgehead atoms. The molecule has 1 aliphatic rings. The number of hydrogen-bond donors (Lipinski definition) is 1. The molecule has 0 spiro atoms. The Kier molecular flexibility index (Phi) is 5.29. The van der Waals surface area contributed by atoms with Gasteiger partial charge in [-0.25, -0.2) is 0 Å². The van der Waals surface area contributed by atoms with Crippen LogP contribution in [0.25, 0.3) is 0 Å². The van der Waals surface area contributed by atoms with Crippen LogP contribution in [0.1, 0.15) is 22.7 Å². The molecule has 1 aliphatic heterocycles. The van der Waals surface area contributed by atoms with Crippen molar-refractivity contribution in [2.45, 2.75) is 13.0 Å². The SMILES string of the molecule is COCc1cc(C(=O)N2CCCN(CC(=O)O)CC2)no1. The van der Waals surface area contributed by atoms with Crippen molar-refractivity contribution in [3.05, 3.63) is 17.5 Å². The number of carboxylic acid groups (broad SMARTS) is 1. The Balaban J connectivity index is 1.94. The summed E-state index contributed by atoms with van der Waals surface area (Å²) in [4.78, 5) is 26.6. The fourth-order valence-corrected chi connectivity index (χ4v) is 2.31. The van der Waals surface area contributed by atoms with Gasteiger partial charge in [0.1, 0.15) is 6.61 Å². The molecule has 1 saturated heterocycles. The summed E-state index contributed by atoms with van der Waals surface area (Å²) in [6.07, 6.45) is 0.738. The summed E-state index contributed by atoms with van der Waals surface area (Å²) in [7, 11) is 1.54. The summed E-state index contributed by atoms with van der Waals surface area (Å²) in [6.45, 7) is 2.56. The second-order valence-corrected chi connectivity index (χ2v) is 4.93. The Hall–Kier alpha value is -1.93. The maximum atomic E-state index is 12.3. The van der Waals surface area contributed by atoms with E-state index in [0.29, 0.717) is 31.9 Å². The molecule has 1 N–H and O–H groups in total. The van der Waals surface area contributed by atoms with Gasteiger partial charge in [0.25, 0.3) is 5.91 Å². The average molecular weight is 297 g/mol. The Morgan fingerprint density at radius 3 is 2.90 bits per heavy atom. The molecular weight excluding hydrogens is 278 g/mol. The Bertz CT molecular complexity index is 502. The molecule has 1 aromatic rings. The summed E-state index contributed by atoms with van der Waals surface area (Å²) >= 11 is 0. The highest BCUT2D eigenvalue weighted by molar-refractivity contribution is 5.92. The number of carboxylic acids is 1. The lowest BCUT2D eigenvalue weighted by Gasteiger charge is -2.19. The lowest BCUT2D eigenvalue weighted by atomic mass is 10.3. The van der Waals surface area contributed by atoms with E-state index >= 15 is 0 Å². The third-order valence-corrected chi connectivity index (χ3v) is 3.30. The number of aliphatic carboxylic acids is 1. The highest BCUT2D eigenvalue weighted by Gasteiger charge is 2.23. The largest absolute Gasteiger partial charge is 0.480 e. The van der Waals surface area contributed by atoms with Crippen LogP contribution in [0.3, 0.4) is 0 Å². The first kappa shape index (κ1) is 15.5. The van der Waals surface area contributed by atoms with Crippen molar-refractivity contribution >= 4 is 11.9 Å². The van der Waals surface area contributed by atoms with Gasteiger partial charge in [-0.05, 0) is 6.42 Å². The first-order chi connectivity index (χ1) is 10.1. The van der Waals surface area contributed by atoms with Gasteiger partial charge in [-0.1, -0.05) is 5.16 Å². The van der Waals surface area contributed by atoms with Crippen molar-refractivity contribution in [3.63, 3.8) is 0 Å². The molecule has 0 aromatic carbocycles. The molecule has 21 heavy (non-hydrogen) atoms. The topological polar surface area (TPSA) is 96.1 Å². The second kappa shape index (κ2) is 7.19. The fourth-order valence-electron chi connectivity index (χ4n) is 2.31. The Labute approximate surface area is 122 Å². The van der Waals surface area contributed by atoms with Crippen LogP contribution in [-0.2, 0) is 16.1 Å². The summed E-state index contributed by atoms with van der Waals surface area (Å²) in [6, 6.07) is 1.58. The molecule has 8 heteroatoms. The number of rotatable bonds is 5. The molecule has 0 radical (unpaired) electrons. The zero-order valence-corrected chi connectivity index (χ0v) is 11.9. The van der Waals surface area contributed by atoms with E-state index in [4.69, 9.17) is 14.4 Å². The lowest BCUT2D eigenvalue weighted by Crippen LogP contribution is -2.36. The first-order valence-corrected chi connectivity index (χ1v) is 6.78. The third kappa shape index (κ3) is 4.27. The fraction of sp³-hybridized carbons (Fsp3) is 0.615. The number of methoxy groups -OCH3 is 1. The minimum Gasteiger partial charge on any atom is -0.480 e. The van der Waals surface area contributed by atoms with Crippen LogP contribution in [0.4, 0.5) is 0 Å². The van der Waals surface area contributed by atoms with Crippen molar-refractivity contribution in [1.82, 2.24) is 15.0 Å². The molecule has 1 fully saturated rings. The second-order valence-electron chi connectivity index (χ2n) is 4.93. The van der Waals surface area contributed by atoms with Crippen molar-refractivity contribution < 1.29 is 24.0 Å². The average Bonchev–Trinajstić information content (AvgIpc) is 2.78. The van der Waals surface area contributed by atoms with Gasteiger partial charge in [0.15, 0.2) is 11.5 Å². The van der Waals surface area contributed by atoms with E-state index in [-0.39, 0.29) is 24.8 Å². The van der Waals surface area contributed by atoms with Crippen LogP contribution in [0.15, 0.2) is 10.6 Å². The number of amides is 1. The number of hydrogen-bond acceptors (Lipinski definition) is 6. The van der Waals surface area contributed by atoms with Crippen LogP contribution in [-0.4, -0.2) is 71.8 Å². The van der Waals surface area contributed by atoms with Gasteiger partial charge in [-0.15, -0.1) is 0 Å². The van der Waals surface area contributed by atoms with Gasteiger partial charge in [0.05, 0.1) is 6.54 Å². The van der Waals surface area contributed by atoms with Crippen molar-refractivity contribution in [2.24, 2.45) is 0 Å². The Morgan fingerprint density at radius 2 is 2.19 bits per heavy atom. The van der Waals surface area contributed by atoms with Gasteiger partial charge in [0, 0.05) is 39.4 Å². The number of aromatic nitrogens is 1. The molecule has 1 amide bonds. The van der Waals surface area contributed by atoms with Gasteiger partial charge in [-0.3, -0.25) is 14.5 Å². The monoisotopic (exact) mass is 297 g/mol. The highest BCUT2D eigenvalue weighted by atomic mass is 16.5. The molecular formula is C13H19N3O5. The molecule has 0 aliphatic carbocycles. The molecule has 0 saturated carbocycles. The maximum absolute atomic E-state index is 12.3. The minimum atomic E-state index is -0.851. The standard InChI is InChI=1S/C13H19N3O5/c1-20-9-10-7-11(14-21-10)13(19)16-4-2-3-15(5-6-16)8-12(17)18/h7H,2-6,8-9H2,1H3,(H,17,18). The number of ether oxygens (including phenoxy) is 1. The van der Waals surface area contributed by atoms with Gasteiger partial charge < -0.3 is 19.3 Å². The van der Waals surface area contributed by atoms with E-state index in [2.05, 4.69) is 5.16 Å². The molecule has 8 nitrogen and oxygen atoms in total. The van der Waals surface area contributed by atoms with Crippen molar-refractivity contribution in [3.8, 4) is 0 Å². The van der Waals surface area contributed by atoms with Crippen LogP contribution in [0.5, 0.6) is 0 Å². The summed E-state index contributed by atoms with van der Waals surface area (Å²) < 4.78 is 9.93. The predicted octanol–water partition coefficient (Wildman–Crippen LogP) is 0.0535. The van der Waals surface area contributed by atoms with Crippen LogP contribution in [0, 0.1) is 0 Å². The first-order valence-electron chi connectivity index (χ1n) is 6.78.